The fourth-order valence-corrected chi connectivity index (χ4v) is 2.95. The number of benzene rings is 1. The zero-order valence-corrected chi connectivity index (χ0v) is 12.3. The van der Waals surface area contributed by atoms with Crippen molar-refractivity contribution in [2.24, 2.45) is 0 Å². The Morgan fingerprint density at radius 2 is 2.10 bits per heavy atom. The summed E-state index contributed by atoms with van der Waals surface area (Å²) < 4.78 is 11.4. The van der Waals surface area contributed by atoms with Crippen molar-refractivity contribution in [3.05, 3.63) is 29.3 Å². The van der Waals surface area contributed by atoms with E-state index in [2.05, 4.69) is 17.2 Å². The topological polar surface area (TPSA) is 43.4 Å². The second kappa shape index (κ2) is 6.24. The van der Waals surface area contributed by atoms with Gasteiger partial charge >= 0.3 is 0 Å². The van der Waals surface area contributed by atoms with Crippen molar-refractivity contribution >= 4 is 11.3 Å². The molecule has 0 aliphatic carbocycles. The maximum absolute atomic E-state index is 5.72. The van der Waals surface area contributed by atoms with E-state index in [9.17, 15) is 0 Å². The zero-order valence-electron chi connectivity index (χ0n) is 11.5. The minimum absolute atomic E-state index is 0.708. The molecule has 2 heterocycles. The van der Waals surface area contributed by atoms with Gasteiger partial charge in [-0.3, -0.25) is 0 Å². The maximum Gasteiger partial charge on any atom is 0.161 e. The van der Waals surface area contributed by atoms with Crippen molar-refractivity contribution in [2.45, 2.75) is 19.9 Å². The van der Waals surface area contributed by atoms with Gasteiger partial charge in [-0.15, -0.1) is 11.3 Å². The molecule has 3 rings (SSSR count). The molecule has 20 heavy (non-hydrogen) atoms. The number of nitrogens with one attached hydrogen (secondary N) is 1. The SMILES string of the molecule is CCNCc1cnc(-c2ccc3c(c2)OCCCO3)s1. The van der Waals surface area contributed by atoms with Crippen LogP contribution in [0, 0.1) is 0 Å². The number of thiazole rings is 1. The van der Waals surface area contributed by atoms with Crippen LogP contribution in [-0.4, -0.2) is 24.7 Å². The summed E-state index contributed by atoms with van der Waals surface area (Å²) in [6.07, 6.45) is 2.86. The molecule has 0 unspecified atom stereocenters. The minimum Gasteiger partial charge on any atom is -0.490 e. The number of nitrogens with zero attached hydrogens (tertiary/aromatic N) is 1. The lowest BCUT2D eigenvalue weighted by molar-refractivity contribution is 0.297. The highest BCUT2D eigenvalue weighted by molar-refractivity contribution is 7.15. The van der Waals surface area contributed by atoms with Crippen LogP contribution in [0.15, 0.2) is 24.4 Å². The Hall–Kier alpha value is -1.59. The second-order valence-corrected chi connectivity index (χ2v) is 5.74. The summed E-state index contributed by atoms with van der Waals surface area (Å²) in [5.74, 6) is 1.65. The van der Waals surface area contributed by atoms with Crippen LogP contribution in [0.3, 0.4) is 0 Å². The molecule has 5 heteroatoms. The van der Waals surface area contributed by atoms with Gasteiger partial charge in [-0.2, -0.15) is 0 Å². The summed E-state index contributed by atoms with van der Waals surface area (Å²) in [5.41, 5.74) is 1.09. The summed E-state index contributed by atoms with van der Waals surface area (Å²) in [5, 5.41) is 4.34. The van der Waals surface area contributed by atoms with Gasteiger partial charge in [-0.25, -0.2) is 4.98 Å². The molecule has 0 radical (unpaired) electrons. The summed E-state index contributed by atoms with van der Waals surface area (Å²) >= 11 is 1.71. The van der Waals surface area contributed by atoms with Crippen LogP contribution in [0.25, 0.3) is 10.6 Å². The number of hydrogen-bond donors (Lipinski definition) is 1. The van der Waals surface area contributed by atoms with Crippen molar-refractivity contribution in [3.8, 4) is 22.1 Å². The standard InChI is InChI=1S/C15H18N2O2S/c1-2-16-9-12-10-17-15(20-12)11-4-5-13-14(8-11)19-7-3-6-18-13/h4-5,8,10,16H,2-3,6-7,9H2,1H3. The van der Waals surface area contributed by atoms with E-state index in [1.807, 2.05) is 24.4 Å². The van der Waals surface area contributed by atoms with E-state index in [1.165, 1.54) is 4.88 Å². The van der Waals surface area contributed by atoms with Gasteiger partial charge in [0.05, 0.1) is 13.2 Å². The Morgan fingerprint density at radius 3 is 2.95 bits per heavy atom. The lowest BCUT2D eigenvalue weighted by Crippen LogP contribution is -2.10. The normalized spacial score (nSPS) is 14.1. The van der Waals surface area contributed by atoms with E-state index in [1.54, 1.807) is 11.3 Å². The van der Waals surface area contributed by atoms with Gasteiger partial charge in [0.2, 0.25) is 0 Å². The smallest absolute Gasteiger partial charge is 0.161 e. The largest absolute Gasteiger partial charge is 0.490 e. The van der Waals surface area contributed by atoms with Crippen LogP contribution in [0.5, 0.6) is 11.5 Å². The average Bonchev–Trinajstić information content (AvgIpc) is 2.82. The molecule has 4 nitrogen and oxygen atoms in total. The Balaban J connectivity index is 1.83. The fraction of sp³-hybridized carbons (Fsp3) is 0.400. The second-order valence-electron chi connectivity index (χ2n) is 4.62. The minimum atomic E-state index is 0.708. The Morgan fingerprint density at radius 1 is 1.25 bits per heavy atom. The number of ether oxygens (including phenoxy) is 2. The first-order valence-electron chi connectivity index (χ1n) is 6.92. The predicted molar refractivity (Wildman–Crippen MR) is 80.5 cm³/mol. The van der Waals surface area contributed by atoms with Crippen LogP contribution in [0.1, 0.15) is 18.2 Å². The van der Waals surface area contributed by atoms with Crippen LogP contribution in [-0.2, 0) is 6.54 Å². The van der Waals surface area contributed by atoms with E-state index in [-0.39, 0.29) is 0 Å². The van der Waals surface area contributed by atoms with Gasteiger partial charge in [-0.1, -0.05) is 6.92 Å². The molecule has 0 saturated heterocycles. The average molecular weight is 290 g/mol. The molecule has 1 aromatic carbocycles. The molecule has 1 aliphatic rings. The molecule has 0 fully saturated rings. The Bertz CT molecular complexity index is 583. The van der Waals surface area contributed by atoms with Crippen LogP contribution >= 0.6 is 11.3 Å². The molecular weight excluding hydrogens is 272 g/mol. The third-order valence-corrected chi connectivity index (χ3v) is 4.14. The Kier molecular flexibility index (Phi) is 4.18. The third-order valence-electron chi connectivity index (χ3n) is 3.10. The van der Waals surface area contributed by atoms with Crippen molar-refractivity contribution in [2.75, 3.05) is 19.8 Å². The molecule has 0 spiro atoms. The number of hydrogen-bond acceptors (Lipinski definition) is 5. The van der Waals surface area contributed by atoms with Crippen LogP contribution in [0.2, 0.25) is 0 Å². The number of fused-ring (bicyclic) bond motifs is 1. The van der Waals surface area contributed by atoms with Crippen molar-refractivity contribution in [3.63, 3.8) is 0 Å². The van der Waals surface area contributed by atoms with Gasteiger partial charge in [0.25, 0.3) is 0 Å². The quantitative estimate of drug-likeness (QED) is 0.939. The predicted octanol–water partition coefficient (Wildman–Crippen LogP) is 3.08. The molecule has 1 aliphatic heterocycles. The molecule has 2 aromatic rings. The van der Waals surface area contributed by atoms with Crippen molar-refractivity contribution in [1.29, 1.82) is 0 Å². The van der Waals surface area contributed by atoms with E-state index in [0.29, 0.717) is 6.61 Å². The lowest BCUT2D eigenvalue weighted by Gasteiger charge is -2.07. The molecule has 0 saturated carbocycles. The van der Waals surface area contributed by atoms with Crippen LogP contribution < -0.4 is 14.8 Å². The molecule has 1 N–H and O–H groups in total. The highest BCUT2D eigenvalue weighted by atomic mass is 32.1. The molecule has 106 valence electrons. The highest BCUT2D eigenvalue weighted by Crippen LogP contribution is 2.35. The first-order valence-corrected chi connectivity index (χ1v) is 7.74. The molecule has 0 bridgehead atoms. The molecular formula is C15H18N2O2S. The molecule has 0 atom stereocenters. The van der Waals surface area contributed by atoms with E-state index in [4.69, 9.17) is 9.47 Å². The first kappa shape index (κ1) is 13.4. The van der Waals surface area contributed by atoms with E-state index >= 15 is 0 Å². The van der Waals surface area contributed by atoms with Gasteiger partial charge in [0.15, 0.2) is 11.5 Å². The van der Waals surface area contributed by atoms with Crippen molar-refractivity contribution < 1.29 is 9.47 Å². The van der Waals surface area contributed by atoms with Gasteiger partial charge in [0, 0.05) is 29.6 Å². The van der Waals surface area contributed by atoms with Gasteiger partial charge < -0.3 is 14.8 Å². The van der Waals surface area contributed by atoms with E-state index < -0.39 is 0 Å². The summed E-state index contributed by atoms with van der Waals surface area (Å²) in [7, 11) is 0. The molecule has 1 aromatic heterocycles. The van der Waals surface area contributed by atoms with Gasteiger partial charge in [-0.05, 0) is 24.7 Å². The molecule has 0 amide bonds. The summed E-state index contributed by atoms with van der Waals surface area (Å²) in [6.45, 7) is 5.37. The van der Waals surface area contributed by atoms with Crippen molar-refractivity contribution in [1.82, 2.24) is 10.3 Å². The zero-order chi connectivity index (χ0) is 13.8. The third kappa shape index (κ3) is 2.94. The van der Waals surface area contributed by atoms with Gasteiger partial charge in [0.1, 0.15) is 5.01 Å². The van der Waals surface area contributed by atoms with Crippen LogP contribution in [0.4, 0.5) is 0 Å². The number of rotatable bonds is 4. The number of aromatic nitrogens is 1. The summed E-state index contributed by atoms with van der Waals surface area (Å²) in [6, 6.07) is 6.04. The highest BCUT2D eigenvalue weighted by Gasteiger charge is 2.13. The summed E-state index contributed by atoms with van der Waals surface area (Å²) in [4.78, 5) is 5.74. The first-order chi connectivity index (χ1) is 9.86. The van der Waals surface area contributed by atoms with E-state index in [0.717, 1.165) is 48.2 Å². The maximum atomic E-state index is 5.72. The lowest BCUT2D eigenvalue weighted by atomic mass is 10.2. The Labute approximate surface area is 122 Å². The fourth-order valence-electron chi connectivity index (χ4n) is 2.07. The monoisotopic (exact) mass is 290 g/mol.